The van der Waals surface area contributed by atoms with Crippen molar-refractivity contribution in [2.24, 2.45) is 5.10 Å². The minimum absolute atomic E-state index is 0.256. The van der Waals surface area contributed by atoms with Crippen LogP contribution in [0.25, 0.3) is 11.3 Å². The van der Waals surface area contributed by atoms with E-state index in [9.17, 15) is 9.59 Å². The molecular formula is C21H16BrClN2O4. The maximum absolute atomic E-state index is 12.1. The molecule has 0 aliphatic heterocycles. The summed E-state index contributed by atoms with van der Waals surface area (Å²) in [5.41, 5.74) is 3.84. The van der Waals surface area contributed by atoms with Gasteiger partial charge in [0.05, 0.1) is 23.4 Å². The molecule has 0 saturated carbocycles. The smallest absolute Gasteiger partial charge is 0.339 e. The van der Waals surface area contributed by atoms with Crippen molar-refractivity contribution in [1.82, 2.24) is 5.43 Å². The van der Waals surface area contributed by atoms with Gasteiger partial charge in [0.15, 0.2) is 0 Å². The summed E-state index contributed by atoms with van der Waals surface area (Å²) in [5, 5.41) is 4.21. The summed E-state index contributed by atoms with van der Waals surface area (Å²) in [5.74, 6) is 0.114. The summed E-state index contributed by atoms with van der Waals surface area (Å²) in [6.45, 7) is 1.98. The second-order valence-corrected chi connectivity index (χ2v) is 7.15. The summed E-state index contributed by atoms with van der Waals surface area (Å²) in [6, 6.07) is 15.3. The molecule has 0 atom stereocenters. The molecule has 0 spiro atoms. The molecule has 8 heteroatoms. The third-order valence-corrected chi connectivity index (χ3v) is 4.64. The van der Waals surface area contributed by atoms with Crippen molar-refractivity contribution in [3.63, 3.8) is 0 Å². The van der Waals surface area contributed by atoms with Crippen molar-refractivity contribution in [3.8, 4) is 11.3 Å². The minimum Gasteiger partial charge on any atom is -0.462 e. The van der Waals surface area contributed by atoms with E-state index in [0.29, 0.717) is 27.7 Å². The number of carbonyl (C=O) groups excluding carboxylic acids is 2. The van der Waals surface area contributed by atoms with Gasteiger partial charge in [-0.1, -0.05) is 33.6 Å². The van der Waals surface area contributed by atoms with Crippen LogP contribution in [0.15, 0.2) is 68.6 Å². The molecule has 0 aliphatic carbocycles. The number of nitrogens with zero attached hydrogens (tertiary/aromatic N) is 1. The summed E-state index contributed by atoms with van der Waals surface area (Å²) >= 11 is 9.40. The summed E-state index contributed by atoms with van der Waals surface area (Å²) in [6.07, 6.45) is 1.39. The van der Waals surface area contributed by atoms with Crippen molar-refractivity contribution in [1.29, 1.82) is 0 Å². The van der Waals surface area contributed by atoms with Gasteiger partial charge in [0.2, 0.25) is 0 Å². The van der Waals surface area contributed by atoms with Gasteiger partial charge in [0.25, 0.3) is 5.91 Å². The SMILES string of the molecule is CCOC(=O)c1cc(-c2ccc(/C=N\NC(=O)c3cccc(Br)c3)o2)ccc1Cl. The fourth-order valence-electron chi connectivity index (χ4n) is 2.47. The Morgan fingerprint density at radius 3 is 2.79 bits per heavy atom. The highest BCUT2D eigenvalue weighted by Gasteiger charge is 2.14. The molecule has 2 aromatic carbocycles. The van der Waals surface area contributed by atoms with Crippen LogP contribution in [-0.4, -0.2) is 24.7 Å². The number of hydrogen-bond acceptors (Lipinski definition) is 5. The monoisotopic (exact) mass is 474 g/mol. The minimum atomic E-state index is -0.497. The average Bonchev–Trinajstić information content (AvgIpc) is 3.17. The zero-order valence-corrected chi connectivity index (χ0v) is 17.7. The van der Waals surface area contributed by atoms with E-state index in [-0.39, 0.29) is 18.1 Å². The molecule has 29 heavy (non-hydrogen) atoms. The van der Waals surface area contributed by atoms with Crippen LogP contribution in [0.5, 0.6) is 0 Å². The number of hydrogen-bond donors (Lipinski definition) is 1. The number of benzene rings is 2. The first-order valence-electron chi connectivity index (χ1n) is 8.63. The Bertz CT molecular complexity index is 1080. The average molecular weight is 476 g/mol. The van der Waals surface area contributed by atoms with E-state index in [1.54, 1.807) is 55.5 Å². The number of amides is 1. The van der Waals surface area contributed by atoms with E-state index < -0.39 is 5.97 Å². The molecule has 0 fully saturated rings. The Kier molecular flexibility index (Phi) is 6.85. The normalized spacial score (nSPS) is 10.9. The van der Waals surface area contributed by atoms with Crippen LogP contribution in [0.3, 0.4) is 0 Å². The van der Waals surface area contributed by atoms with Gasteiger partial charge >= 0.3 is 5.97 Å². The molecular weight excluding hydrogens is 460 g/mol. The van der Waals surface area contributed by atoms with Gasteiger partial charge in [0, 0.05) is 15.6 Å². The van der Waals surface area contributed by atoms with Gasteiger partial charge in [0.1, 0.15) is 11.5 Å². The Hall–Kier alpha value is -2.90. The quantitative estimate of drug-likeness (QED) is 0.298. The number of furan rings is 1. The summed E-state index contributed by atoms with van der Waals surface area (Å²) < 4.78 is 11.5. The van der Waals surface area contributed by atoms with E-state index in [1.807, 2.05) is 6.07 Å². The van der Waals surface area contributed by atoms with Crippen molar-refractivity contribution in [2.75, 3.05) is 6.61 Å². The molecule has 0 saturated heterocycles. The molecule has 1 aromatic heterocycles. The molecule has 0 aliphatic rings. The number of esters is 1. The van der Waals surface area contributed by atoms with Crippen LogP contribution in [-0.2, 0) is 4.74 Å². The third kappa shape index (κ3) is 5.34. The van der Waals surface area contributed by atoms with Gasteiger partial charge in [-0.3, -0.25) is 4.79 Å². The Balaban J connectivity index is 1.71. The van der Waals surface area contributed by atoms with E-state index in [4.69, 9.17) is 20.8 Å². The maximum Gasteiger partial charge on any atom is 0.339 e. The standard InChI is InChI=1S/C21H16BrClN2O4/c1-2-28-21(27)17-11-13(6-8-18(17)23)19-9-7-16(29-19)12-24-25-20(26)14-4-3-5-15(22)10-14/h3-12H,2H2,1H3,(H,25,26)/b24-12-. The fraction of sp³-hybridized carbons (Fsp3) is 0.0952. The Morgan fingerprint density at radius 2 is 2.03 bits per heavy atom. The van der Waals surface area contributed by atoms with Crippen LogP contribution in [0, 0.1) is 0 Å². The number of rotatable bonds is 6. The van der Waals surface area contributed by atoms with Gasteiger partial charge in [-0.15, -0.1) is 0 Å². The Morgan fingerprint density at radius 1 is 1.21 bits per heavy atom. The highest BCUT2D eigenvalue weighted by Crippen LogP contribution is 2.27. The molecule has 1 amide bonds. The molecule has 148 valence electrons. The second-order valence-electron chi connectivity index (χ2n) is 5.83. The van der Waals surface area contributed by atoms with Gasteiger partial charge in [-0.25, -0.2) is 10.2 Å². The third-order valence-electron chi connectivity index (χ3n) is 3.82. The second kappa shape index (κ2) is 9.54. The van der Waals surface area contributed by atoms with Crippen LogP contribution in [0.1, 0.15) is 33.4 Å². The zero-order chi connectivity index (χ0) is 20.8. The van der Waals surface area contributed by atoms with Crippen molar-refractivity contribution in [3.05, 3.63) is 81.0 Å². The first-order valence-corrected chi connectivity index (χ1v) is 9.81. The van der Waals surface area contributed by atoms with Gasteiger partial charge < -0.3 is 9.15 Å². The predicted molar refractivity (Wildman–Crippen MR) is 114 cm³/mol. The van der Waals surface area contributed by atoms with Gasteiger partial charge in [-0.05, 0) is 55.5 Å². The Labute approximate surface area is 180 Å². The van der Waals surface area contributed by atoms with Crippen LogP contribution < -0.4 is 5.43 Å². The number of ether oxygens (including phenoxy) is 1. The van der Waals surface area contributed by atoms with Crippen molar-refractivity contribution >= 4 is 45.6 Å². The molecule has 1 N–H and O–H groups in total. The van der Waals surface area contributed by atoms with E-state index in [0.717, 1.165) is 4.47 Å². The predicted octanol–water partition coefficient (Wildman–Crippen LogP) is 5.30. The lowest BCUT2D eigenvalue weighted by Gasteiger charge is -2.05. The molecule has 0 unspecified atom stereocenters. The molecule has 1 heterocycles. The zero-order valence-electron chi connectivity index (χ0n) is 15.3. The summed E-state index contributed by atoms with van der Waals surface area (Å²) in [7, 11) is 0. The lowest BCUT2D eigenvalue weighted by Crippen LogP contribution is -2.17. The number of nitrogens with one attached hydrogen (secondary N) is 1. The first kappa shape index (κ1) is 20.8. The molecule has 3 aromatic rings. The van der Waals surface area contributed by atoms with E-state index in [1.165, 1.54) is 6.21 Å². The van der Waals surface area contributed by atoms with Crippen LogP contribution in [0.4, 0.5) is 0 Å². The summed E-state index contributed by atoms with van der Waals surface area (Å²) in [4.78, 5) is 24.1. The molecule has 3 rings (SSSR count). The van der Waals surface area contributed by atoms with Crippen LogP contribution >= 0.6 is 27.5 Å². The maximum atomic E-state index is 12.1. The molecule has 0 bridgehead atoms. The number of hydrazone groups is 1. The number of carbonyl (C=O) groups is 2. The highest BCUT2D eigenvalue weighted by atomic mass is 79.9. The fourth-order valence-corrected chi connectivity index (χ4v) is 3.06. The molecule has 6 nitrogen and oxygen atoms in total. The lowest BCUT2D eigenvalue weighted by atomic mass is 10.1. The van der Waals surface area contributed by atoms with E-state index in [2.05, 4.69) is 26.5 Å². The highest BCUT2D eigenvalue weighted by molar-refractivity contribution is 9.10. The van der Waals surface area contributed by atoms with Gasteiger partial charge in [-0.2, -0.15) is 5.10 Å². The van der Waals surface area contributed by atoms with Crippen LogP contribution in [0.2, 0.25) is 5.02 Å². The number of halogens is 2. The van der Waals surface area contributed by atoms with Crippen molar-refractivity contribution < 1.29 is 18.7 Å². The van der Waals surface area contributed by atoms with Crippen molar-refractivity contribution in [2.45, 2.75) is 6.92 Å². The largest absolute Gasteiger partial charge is 0.462 e. The lowest BCUT2D eigenvalue weighted by molar-refractivity contribution is 0.0526. The van der Waals surface area contributed by atoms with E-state index >= 15 is 0 Å². The molecule has 0 radical (unpaired) electrons. The first-order chi connectivity index (χ1) is 14.0. The topological polar surface area (TPSA) is 80.9 Å².